The van der Waals surface area contributed by atoms with Crippen molar-refractivity contribution >= 4 is 11.3 Å². The first kappa shape index (κ1) is 14.4. The zero-order valence-corrected chi connectivity index (χ0v) is 12.8. The van der Waals surface area contributed by atoms with E-state index < -0.39 is 5.82 Å². The number of aromatic amines is 1. The largest absolute Gasteiger partial charge is 0.232 e. The topological polar surface area (TPSA) is 67.3 Å². The minimum absolute atomic E-state index is 0.206. The lowest BCUT2D eigenvalue weighted by Crippen LogP contribution is -1.91. The number of nitrogens with one attached hydrogen (secondary N) is 1. The van der Waals surface area contributed by atoms with Crippen LogP contribution in [0.1, 0.15) is 36.0 Å². The molecule has 0 aliphatic carbocycles. The maximum atomic E-state index is 14.4. The van der Waals surface area contributed by atoms with Gasteiger partial charge in [-0.25, -0.2) is 9.37 Å². The Labute approximate surface area is 130 Å². The van der Waals surface area contributed by atoms with Crippen LogP contribution in [0.15, 0.2) is 23.6 Å². The summed E-state index contributed by atoms with van der Waals surface area (Å²) in [7, 11) is 0. The third-order valence-electron chi connectivity index (χ3n) is 3.00. The van der Waals surface area contributed by atoms with E-state index in [-0.39, 0.29) is 17.0 Å². The second-order valence-corrected chi connectivity index (χ2v) is 5.74. The van der Waals surface area contributed by atoms with Crippen molar-refractivity contribution in [3.8, 4) is 23.2 Å². The predicted octanol–water partition coefficient (Wildman–Crippen LogP) is 2.99. The van der Waals surface area contributed by atoms with Crippen molar-refractivity contribution in [1.82, 2.24) is 25.6 Å². The van der Waals surface area contributed by atoms with Crippen LogP contribution in [0.4, 0.5) is 4.39 Å². The Morgan fingerprint density at radius 2 is 2.14 bits per heavy atom. The smallest absolute Gasteiger partial charge is 0.207 e. The third kappa shape index (κ3) is 2.87. The molecule has 0 bridgehead atoms. The molecule has 2 heterocycles. The van der Waals surface area contributed by atoms with Gasteiger partial charge in [-0.15, -0.1) is 21.5 Å². The van der Waals surface area contributed by atoms with Crippen LogP contribution < -0.4 is 0 Å². The maximum absolute atomic E-state index is 14.4. The molecular weight excluding hydrogens is 301 g/mol. The molecule has 0 atom stereocenters. The van der Waals surface area contributed by atoms with Gasteiger partial charge in [-0.05, 0) is 29.2 Å². The highest BCUT2D eigenvalue weighted by atomic mass is 32.1. The lowest BCUT2D eigenvalue weighted by molar-refractivity contribution is 0.626. The average molecular weight is 313 g/mol. The van der Waals surface area contributed by atoms with E-state index in [0.717, 1.165) is 5.69 Å². The first-order valence-corrected chi connectivity index (χ1v) is 7.53. The van der Waals surface area contributed by atoms with Crippen LogP contribution in [-0.4, -0.2) is 25.6 Å². The van der Waals surface area contributed by atoms with Gasteiger partial charge in [0.1, 0.15) is 5.82 Å². The number of thiazole rings is 1. The summed E-state index contributed by atoms with van der Waals surface area (Å²) < 4.78 is 14.4. The molecule has 0 amide bonds. The summed E-state index contributed by atoms with van der Waals surface area (Å²) >= 11 is 1.46. The van der Waals surface area contributed by atoms with E-state index in [9.17, 15) is 4.39 Å². The number of tetrazole rings is 1. The Morgan fingerprint density at radius 1 is 1.27 bits per heavy atom. The molecule has 1 N–H and O–H groups in total. The molecule has 1 aromatic carbocycles. The fourth-order valence-corrected chi connectivity index (χ4v) is 2.63. The molecule has 0 saturated carbocycles. The number of rotatable bonds is 2. The molecule has 0 fully saturated rings. The molecule has 0 aliphatic rings. The highest BCUT2D eigenvalue weighted by Crippen LogP contribution is 2.21. The van der Waals surface area contributed by atoms with Gasteiger partial charge in [-0.1, -0.05) is 25.8 Å². The van der Waals surface area contributed by atoms with E-state index in [0.29, 0.717) is 10.9 Å². The third-order valence-corrected chi connectivity index (χ3v) is 3.78. The number of halogens is 1. The van der Waals surface area contributed by atoms with Gasteiger partial charge in [-0.3, -0.25) is 0 Å². The van der Waals surface area contributed by atoms with Gasteiger partial charge in [-0.2, -0.15) is 5.21 Å². The molecule has 110 valence electrons. The Morgan fingerprint density at radius 3 is 2.82 bits per heavy atom. The van der Waals surface area contributed by atoms with E-state index >= 15 is 0 Å². The van der Waals surface area contributed by atoms with Crippen molar-refractivity contribution in [2.45, 2.75) is 19.8 Å². The molecule has 7 heteroatoms. The molecule has 5 nitrogen and oxygen atoms in total. The summed E-state index contributed by atoms with van der Waals surface area (Å²) in [5, 5.41) is 16.0. The van der Waals surface area contributed by atoms with Crippen LogP contribution in [0.5, 0.6) is 0 Å². The number of aromatic nitrogens is 5. The molecule has 22 heavy (non-hydrogen) atoms. The van der Waals surface area contributed by atoms with E-state index in [1.807, 2.05) is 5.38 Å². The van der Waals surface area contributed by atoms with E-state index in [4.69, 9.17) is 0 Å². The predicted molar refractivity (Wildman–Crippen MR) is 81.8 cm³/mol. The number of nitrogens with zero attached hydrogens (tertiary/aromatic N) is 4. The van der Waals surface area contributed by atoms with E-state index in [2.05, 4.69) is 51.3 Å². The summed E-state index contributed by atoms with van der Waals surface area (Å²) in [6, 6.07) is 4.91. The van der Waals surface area contributed by atoms with Gasteiger partial charge in [0.05, 0.1) is 16.8 Å². The quantitative estimate of drug-likeness (QED) is 0.739. The maximum Gasteiger partial charge on any atom is 0.207 e. The normalized spacial score (nSPS) is 10.5. The fraction of sp³-hybridized carbons (Fsp3) is 0.200. The van der Waals surface area contributed by atoms with Crippen molar-refractivity contribution in [2.75, 3.05) is 0 Å². The summed E-state index contributed by atoms with van der Waals surface area (Å²) in [6.45, 7) is 4.14. The number of benzene rings is 1. The van der Waals surface area contributed by atoms with Gasteiger partial charge in [0.2, 0.25) is 5.82 Å². The summed E-state index contributed by atoms with van der Waals surface area (Å²) in [5.74, 6) is 5.82. The van der Waals surface area contributed by atoms with Crippen LogP contribution in [0, 0.1) is 17.7 Å². The minimum atomic E-state index is -0.461. The highest BCUT2D eigenvalue weighted by Gasteiger charge is 2.12. The monoisotopic (exact) mass is 313 g/mol. The van der Waals surface area contributed by atoms with Gasteiger partial charge in [0, 0.05) is 5.38 Å². The molecule has 3 rings (SSSR count). The highest BCUT2D eigenvalue weighted by molar-refractivity contribution is 7.10. The number of H-pyrrole nitrogens is 1. The molecule has 0 spiro atoms. The van der Waals surface area contributed by atoms with Crippen LogP contribution in [-0.2, 0) is 0 Å². The van der Waals surface area contributed by atoms with Crippen molar-refractivity contribution < 1.29 is 4.39 Å². The Balaban J connectivity index is 1.93. The van der Waals surface area contributed by atoms with Gasteiger partial charge >= 0.3 is 0 Å². The van der Waals surface area contributed by atoms with E-state index in [1.54, 1.807) is 18.2 Å². The SMILES string of the molecule is CC(C)c1csc(C#Cc2cccc(-c3nn[nH]n3)c2F)n1. The lowest BCUT2D eigenvalue weighted by Gasteiger charge is -1.99. The van der Waals surface area contributed by atoms with Crippen LogP contribution in [0.3, 0.4) is 0 Å². The molecular formula is C15H12FN5S. The molecule has 0 radical (unpaired) electrons. The zero-order chi connectivity index (χ0) is 15.5. The molecule has 3 aromatic rings. The average Bonchev–Trinajstić information content (AvgIpc) is 3.18. The van der Waals surface area contributed by atoms with Crippen molar-refractivity contribution in [1.29, 1.82) is 0 Å². The summed E-state index contributed by atoms with van der Waals surface area (Å²) in [6.07, 6.45) is 0. The second kappa shape index (κ2) is 6.03. The second-order valence-electron chi connectivity index (χ2n) is 4.88. The van der Waals surface area contributed by atoms with Crippen LogP contribution in [0.25, 0.3) is 11.4 Å². The van der Waals surface area contributed by atoms with E-state index in [1.165, 1.54) is 11.3 Å². The molecule has 0 unspecified atom stereocenters. The first-order valence-electron chi connectivity index (χ1n) is 6.65. The number of hydrogen-bond donors (Lipinski definition) is 1. The van der Waals surface area contributed by atoms with Crippen molar-refractivity contribution in [3.63, 3.8) is 0 Å². The van der Waals surface area contributed by atoms with Crippen molar-refractivity contribution in [3.05, 3.63) is 45.7 Å². The van der Waals surface area contributed by atoms with Gasteiger partial charge in [0.25, 0.3) is 0 Å². The van der Waals surface area contributed by atoms with Gasteiger partial charge < -0.3 is 0 Å². The first-order chi connectivity index (χ1) is 10.6. The van der Waals surface area contributed by atoms with Crippen LogP contribution in [0.2, 0.25) is 0 Å². The lowest BCUT2D eigenvalue weighted by atomic mass is 10.1. The van der Waals surface area contributed by atoms with Gasteiger partial charge in [0.15, 0.2) is 5.01 Å². The Hall–Kier alpha value is -2.59. The Bertz CT molecular complexity index is 842. The van der Waals surface area contributed by atoms with Crippen LogP contribution >= 0.6 is 11.3 Å². The molecule has 2 aromatic heterocycles. The van der Waals surface area contributed by atoms with Crippen molar-refractivity contribution in [2.24, 2.45) is 0 Å². The zero-order valence-electron chi connectivity index (χ0n) is 12.0. The summed E-state index contributed by atoms with van der Waals surface area (Å²) in [5.41, 5.74) is 1.54. The molecule has 0 aliphatic heterocycles. The number of hydrogen-bond acceptors (Lipinski definition) is 5. The standard InChI is InChI=1S/C15H12FN5S/c1-9(2)12-8-22-13(17-12)7-6-10-4-3-5-11(14(10)16)15-18-20-21-19-15/h3-5,8-9H,1-2H3,(H,18,19,20,21). The minimum Gasteiger partial charge on any atom is -0.232 e. The fourth-order valence-electron chi connectivity index (χ4n) is 1.81. The summed E-state index contributed by atoms with van der Waals surface area (Å²) in [4.78, 5) is 4.41. The molecule has 0 saturated heterocycles. The Kier molecular flexibility index (Phi) is 3.94.